The molecular weight excluding hydrogens is 552 g/mol. The molecule has 3 aromatic carbocycles. The minimum absolute atomic E-state index is 0.0255. The van der Waals surface area contributed by atoms with Crippen molar-refractivity contribution >= 4 is 33.7 Å². The van der Waals surface area contributed by atoms with Crippen molar-refractivity contribution in [3.05, 3.63) is 119 Å². The summed E-state index contributed by atoms with van der Waals surface area (Å²) in [5, 5.41) is 6.33. The lowest BCUT2D eigenvalue weighted by molar-refractivity contribution is -0.136. The smallest absolute Gasteiger partial charge is 0.329 e. The van der Waals surface area contributed by atoms with E-state index in [0.29, 0.717) is 17.4 Å². The number of carbonyl (C=O) groups excluding carboxylic acids is 2. The Kier molecular flexibility index (Phi) is 9.72. The Morgan fingerprint density at radius 3 is 2.07 bits per heavy atom. The minimum Gasteiger partial charge on any atom is -0.459 e. The summed E-state index contributed by atoms with van der Waals surface area (Å²) in [5.74, 6) is -0.799. The lowest BCUT2D eigenvalue weighted by Crippen LogP contribution is -2.32. The summed E-state index contributed by atoms with van der Waals surface area (Å²) in [6.45, 7) is 8.11. The van der Waals surface area contributed by atoms with E-state index in [9.17, 15) is 18.0 Å². The molecule has 218 valence electrons. The molecule has 0 saturated carbocycles. The summed E-state index contributed by atoms with van der Waals surface area (Å²) in [6, 6.07) is 24.8. The number of hydrogen-bond donors (Lipinski definition) is 2. The number of hydrazone groups is 1. The predicted molar refractivity (Wildman–Crippen MR) is 162 cm³/mol. The third kappa shape index (κ3) is 8.02. The summed E-state index contributed by atoms with van der Waals surface area (Å²) in [7, 11) is -3.85. The highest BCUT2D eigenvalue weighted by molar-refractivity contribution is 7.89. The van der Waals surface area contributed by atoms with Crippen molar-refractivity contribution in [3.8, 4) is 0 Å². The molecule has 0 bridgehead atoms. The Labute approximate surface area is 246 Å². The van der Waals surface area contributed by atoms with Crippen LogP contribution in [0.15, 0.2) is 99.3 Å². The van der Waals surface area contributed by atoms with Crippen molar-refractivity contribution in [1.29, 1.82) is 0 Å². The Morgan fingerprint density at radius 1 is 0.833 bits per heavy atom. The van der Waals surface area contributed by atoms with Crippen LogP contribution in [0, 0.1) is 13.8 Å². The van der Waals surface area contributed by atoms with Crippen LogP contribution < -0.4 is 10.7 Å². The molecular formula is C32H34N4O5S. The van der Waals surface area contributed by atoms with Crippen LogP contribution in [0.25, 0.3) is 0 Å². The van der Waals surface area contributed by atoms with Crippen molar-refractivity contribution in [3.63, 3.8) is 0 Å². The van der Waals surface area contributed by atoms with E-state index in [1.54, 1.807) is 48.5 Å². The maximum Gasteiger partial charge on any atom is 0.329 e. The van der Waals surface area contributed by atoms with Gasteiger partial charge in [0.15, 0.2) is 0 Å². The number of carbonyl (C=O) groups is 2. The highest BCUT2D eigenvalue weighted by atomic mass is 32.2. The fraction of sp³-hybridized carbons (Fsp3) is 0.219. The number of amides is 2. The Balaban J connectivity index is 1.41. The average molecular weight is 587 g/mol. The monoisotopic (exact) mass is 586 g/mol. The molecule has 0 atom stereocenters. The molecule has 0 saturated heterocycles. The standard InChI is InChI=1S/C32H34N4O5S/c1-22(2)26-11-13-27(14-12-26)34-31(37)32(38)35-33-19-28-15-16-29(41-28)21-36(20-25-9-5-23(3)6-10-25)42(39,40)30-17-7-24(4)8-18-30/h5-19,22H,20-21H2,1-4H3,(H,34,37)(H,35,38)/b33-19+. The van der Waals surface area contributed by atoms with Gasteiger partial charge in [-0.2, -0.15) is 9.41 Å². The summed E-state index contributed by atoms with van der Waals surface area (Å²) >= 11 is 0. The second-order valence-electron chi connectivity index (χ2n) is 10.3. The zero-order valence-corrected chi connectivity index (χ0v) is 24.8. The van der Waals surface area contributed by atoms with Gasteiger partial charge in [-0.25, -0.2) is 13.8 Å². The molecule has 42 heavy (non-hydrogen) atoms. The highest BCUT2D eigenvalue weighted by Gasteiger charge is 2.26. The Bertz CT molecular complexity index is 1660. The zero-order chi connectivity index (χ0) is 30.3. The van der Waals surface area contributed by atoms with Crippen LogP contribution in [0.1, 0.15) is 53.5 Å². The third-order valence-corrected chi connectivity index (χ3v) is 8.36. The molecule has 4 rings (SSSR count). The highest BCUT2D eigenvalue weighted by Crippen LogP contribution is 2.23. The third-order valence-electron chi connectivity index (χ3n) is 6.55. The summed E-state index contributed by atoms with van der Waals surface area (Å²) < 4.78 is 34.3. The molecule has 0 aliphatic carbocycles. The van der Waals surface area contributed by atoms with Gasteiger partial charge in [-0.15, -0.1) is 0 Å². The first-order valence-electron chi connectivity index (χ1n) is 13.5. The van der Waals surface area contributed by atoms with Crippen LogP contribution in [-0.4, -0.2) is 30.8 Å². The number of sulfonamides is 1. The fourth-order valence-corrected chi connectivity index (χ4v) is 5.44. The first kappa shape index (κ1) is 30.4. The van der Waals surface area contributed by atoms with E-state index < -0.39 is 21.8 Å². The van der Waals surface area contributed by atoms with Gasteiger partial charge in [-0.3, -0.25) is 9.59 Å². The minimum atomic E-state index is -3.85. The molecule has 0 spiro atoms. The molecule has 0 aliphatic heterocycles. The molecule has 0 fully saturated rings. The van der Waals surface area contributed by atoms with Gasteiger partial charge >= 0.3 is 11.8 Å². The van der Waals surface area contributed by atoms with E-state index in [-0.39, 0.29) is 23.7 Å². The lowest BCUT2D eigenvalue weighted by atomic mass is 10.0. The molecule has 1 heterocycles. The number of aryl methyl sites for hydroxylation is 2. The van der Waals surface area contributed by atoms with Crippen LogP contribution in [0.4, 0.5) is 5.69 Å². The van der Waals surface area contributed by atoms with Crippen molar-refractivity contribution in [1.82, 2.24) is 9.73 Å². The molecule has 0 unspecified atom stereocenters. The largest absolute Gasteiger partial charge is 0.459 e. The lowest BCUT2D eigenvalue weighted by Gasteiger charge is -2.21. The van der Waals surface area contributed by atoms with Crippen LogP contribution in [0.5, 0.6) is 0 Å². The van der Waals surface area contributed by atoms with Gasteiger partial charge in [0, 0.05) is 12.2 Å². The molecule has 0 aliphatic rings. The molecule has 2 N–H and O–H groups in total. The van der Waals surface area contributed by atoms with Crippen molar-refractivity contribution < 1.29 is 22.4 Å². The van der Waals surface area contributed by atoms with Crippen molar-refractivity contribution in [2.75, 3.05) is 5.32 Å². The van der Waals surface area contributed by atoms with Crippen LogP contribution in [0.3, 0.4) is 0 Å². The Morgan fingerprint density at radius 2 is 1.45 bits per heavy atom. The molecule has 10 heteroatoms. The number of furan rings is 1. The number of nitrogens with zero attached hydrogens (tertiary/aromatic N) is 2. The van der Waals surface area contributed by atoms with Crippen molar-refractivity contribution in [2.45, 2.75) is 51.6 Å². The molecule has 4 aromatic rings. The first-order chi connectivity index (χ1) is 20.0. The molecule has 1 aromatic heterocycles. The van der Waals surface area contributed by atoms with Gasteiger partial charge < -0.3 is 9.73 Å². The van der Waals surface area contributed by atoms with Gasteiger partial charge in [0.2, 0.25) is 10.0 Å². The molecule has 2 amide bonds. The van der Waals surface area contributed by atoms with Crippen LogP contribution in [-0.2, 0) is 32.7 Å². The van der Waals surface area contributed by atoms with E-state index in [4.69, 9.17) is 4.42 Å². The van der Waals surface area contributed by atoms with Gasteiger partial charge in [-0.05, 0) is 67.3 Å². The van der Waals surface area contributed by atoms with E-state index in [0.717, 1.165) is 22.3 Å². The van der Waals surface area contributed by atoms with Crippen molar-refractivity contribution in [2.24, 2.45) is 5.10 Å². The summed E-state index contributed by atoms with van der Waals surface area (Å²) in [4.78, 5) is 24.6. The number of benzene rings is 3. The van der Waals surface area contributed by atoms with Gasteiger partial charge in [-0.1, -0.05) is 73.5 Å². The average Bonchev–Trinajstić information content (AvgIpc) is 3.41. The van der Waals surface area contributed by atoms with E-state index in [1.165, 1.54) is 10.5 Å². The number of anilines is 1. The molecule has 9 nitrogen and oxygen atoms in total. The van der Waals surface area contributed by atoms with Crippen LogP contribution in [0.2, 0.25) is 0 Å². The second-order valence-corrected chi connectivity index (χ2v) is 12.2. The number of nitrogens with one attached hydrogen (secondary N) is 2. The van der Waals surface area contributed by atoms with E-state index >= 15 is 0 Å². The van der Waals surface area contributed by atoms with Crippen LogP contribution >= 0.6 is 0 Å². The fourth-order valence-electron chi connectivity index (χ4n) is 4.05. The number of rotatable bonds is 10. The maximum atomic E-state index is 13.6. The maximum absolute atomic E-state index is 13.6. The van der Waals surface area contributed by atoms with Gasteiger partial charge in [0.05, 0.1) is 17.7 Å². The quantitative estimate of drug-likeness (QED) is 0.144. The normalized spacial score (nSPS) is 11.8. The zero-order valence-electron chi connectivity index (χ0n) is 24.0. The topological polar surface area (TPSA) is 121 Å². The summed E-state index contributed by atoms with van der Waals surface area (Å²) in [5.41, 5.74) is 6.65. The predicted octanol–water partition coefficient (Wildman–Crippen LogP) is 5.50. The van der Waals surface area contributed by atoms with E-state index in [2.05, 4.69) is 29.7 Å². The van der Waals surface area contributed by atoms with Gasteiger partial charge in [0.1, 0.15) is 11.5 Å². The SMILES string of the molecule is Cc1ccc(CN(Cc2ccc(/C=N/NC(=O)C(=O)Nc3ccc(C(C)C)cc3)o2)S(=O)(=O)c2ccc(C)cc2)cc1. The van der Waals surface area contributed by atoms with E-state index in [1.807, 2.05) is 50.2 Å². The summed E-state index contributed by atoms with van der Waals surface area (Å²) in [6.07, 6.45) is 1.24. The number of hydrogen-bond acceptors (Lipinski definition) is 6. The molecule has 0 radical (unpaired) electrons. The van der Waals surface area contributed by atoms with Gasteiger partial charge in [0.25, 0.3) is 0 Å². The Hall–Kier alpha value is -4.54. The first-order valence-corrected chi connectivity index (χ1v) is 14.9. The second kappa shape index (κ2) is 13.4.